The van der Waals surface area contributed by atoms with E-state index in [0.717, 1.165) is 5.56 Å². The van der Waals surface area contributed by atoms with Gasteiger partial charge in [0.1, 0.15) is 17.4 Å². The number of methoxy groups -OCH3 is 1. The predicted octanol–water partition coefficient (Wildman–Crippen LogP) is 0.714. The number of benzene rings is 1. The van der Waals surface area contributed by atoms with Gasteiger partial charge in [0.2, 0.25) is 0 Å². The van der Waals surface area contributed by atoms with Crippen LogP contribution in [0.5, 0.6) is 5.75 Å². The Morgan fingerprint density at radius 1 is 1.38 bits per heavy atom. The van der Waals surface area contributed by atoms with E-state index in [0.29, 0.717) is 11.4 Å². The number of carboxylic acids is 1. The summed E-state index contributed by atoms with van der Waals surface area (Å²) in [4.78, 5) is 10.5. The summed E-state index contributed by atoms with van der Waals surface area (Å²) < 4.78 is 9.59. The zero-order valence-electron chi connectivity index (χ0n) is 8.47. The summed E-state index contributed by atoms with van der Waals surface area (Å²) in [5.41, 5.74) is 1.19. The lowest BCUT2D eigenvalue weighted by Gasteiger charge is -1.99. The zero-order chi connectivity index (χ0) is 11.5. The highest BCUT2D eigenvalue weighted by atomic mass is 16.5. The third kappa shape index (κ3) is 1.88. The van der Waals surface area contributed by atoms with Crippen LogP contribution in [-0.4, -0.2) is 18.2 Å². The van der Waals surface area contributed by atoms with Gasteiger partial charge in [-0.2, -0.15) is 0 Å². The van der Waals surface area contributed by atoms with Gasteiger partial charge in [0, 0.05) is 11.6 Å². The highest BCUT2D eigenvalue weighted by Gasteiger charge is 2.06. The Kier molecular flexibility index (Phi) is 2.59. The summed E-state index contributed by atoms with van der Waals surface area (Å²) in [5, 5.41) is 14.1. The van der Waals surface area contributed by atoms with Crippen molar-refractivity contribution in [2.24, 2.45) is 0 Å². The second-order valence-electron chi connectivity index (χ2n) is 3.09. The molecule has 0 aliphatic heterocycles. The molecule has 5 nitrogen and oxygen atoms in total. The Balaban J connectivity index is 2.31. The SMILES string of the molecule is COc1ccc(-c2cc(C(=O)[O-])on2)cc1. The molecule has 5 heteroatoms. The molecule has 0 bridgehead atoms. The summed E-state index contributed by atoms with van der Waals surface area (Å²) in [6.45, 7) is 0. The van der Waals surface area contributed by atoms with Gasteiger partial charge in [0.05, 0.1) is 7.11 Å². The van der Waals surface area contributed by atoms with Crippen LogP contribution in [0.2, 0.25) is 0 Å². The minimum absolute atomic E-state index is 0.286. The summed E-state index contributed by atoms with van der Waals surface area (Å²) in [5.74, 6) is -0.953. The Hall–Kier alpha value is -2.30. The van der Waals surface area contributed by atoms with Crippen molar-refractivity contribution in [2.75, 3.05) is 7.11 Å². The van der Waals surface area contributed by atoms with E-state index < -0.39 is 5.97 Å². The third-order valence-corrected chi connectivity index (χ3v) is 2.10. The van der Waals surface area contributed by atoms with Crippen molar-refractivity contribution in [3.8, 4) is 17.0 Å². The van der Waals surface area contributed by atoms with Crippen molar-refractivity contribution < 1.29 is 19.2 Å². The molecule has 0 aliphatic carbocycles. The van der Waals surface area contributed by atoms with Crippen molar-refractivity contribution >= 4 is 5.97 Å². The molecule has 2 aromatic rings. The molecule has 0 radical (unpaired) electrons. The lowest BCUT2D eigenvalue weighted by Crippen LogP contribution is -2.21. The van der Waals surface area contributed by atoms with Gasteiger partial charge in [-0.25, -0.2) is 0 Å². The maximum atomic E-state index is 10.5. The molecule has 1 aromatic heterocycles. The molecule has 16 heavy (non-hydrogen) atoms. The van der Waals surface area contributed by atoms with Gasteiger partial charge in [-0.15, -0.1) is 0 Å². The van der Waals surface area contributed by atoms with E-state index in [1.807, 2.05) is 0 Å². The van der Waals surface area contributed by atoms with E-state index in [1.54, 1.807) is 31.4 Å². The van der Waals surface area contributed by atoms with E-state index in [9.17, 15) is 9.90 Å². The summed E-state index contributed by atoms with van der Waals surface area (Å²) in [6.07, 6.45) is 0. The van der Waals surface area contributed by atoms with Crippen molar-refractivity contribution in [1.29, 1.82) is 0 Å². The first-order valence-electron chi connectivity index (χ1n) is 4.53. The zero-order valence-corrected chi connectivity index (χ0v) is 8.47. The molecule has 0 amide bonds. The standard InChI is InChI=1S/C11H9NO4/c1-15-8-4-2-7(3-5-8)9-6-10(11(13)14)16-12-9/h2-6H,1H3,(H,13,14)/p-1. The van der Waals surface area contributed by atoms with Crippen LogP contribution in [0.1, 0.15) is 10.6 Å². The maximum absolute atomic E-state index is 10.5. The number of nitrogens with zero attached hydrogens (tertiary/aromatic N) is 1. The highest BCUT2D eigenvalue weighted by Crippen LogP contribution is 2.21. The number of carbonyl (C=O) groups is 1. The number of hydrogen-bond acceptors (Lipinski definition) is 5. The van der Waals surface area contributed by atoms with Crippen LogP contribution in [0.4, 0.5) is 0 Å². The van der Waals surface area contributed by atoms with Crippen molar-refractivity contribution in [2.45, 2.75) is 0 Å². The van der Waals surface area contributed by atoms with E-state index in [2.05, 4.69) is 9.68 Å². The molecule has 0 saturated carbocycles. The topological polar surface area (TPSA) is 75.4 Å². The van der Waals surface area contributed by atoms with Gasteiger partial charge in [0.15, 0.2) is 5.76 Å². The molecule has 2 rings (SSSR count). The van der Waals surface area contributed by atoms with E-state index in [1.165, 1.54) is 6.07 Å². The summed E-state index contributed by atoms with van der Waals surface area (Å²) in [6, 6.07) is 8.34. The fourth-order valence-electron chi connectivity index (χ4n) is 1.27. The lowest BCUT2D eigenvalue weighted by molar-refractivity contribution is -0.257. The van der Waals surface area contributed by atoms with Crippen molar-refractivity contribution in [1.82, 2.24) is 5.16 Å². The molecular weight excluding hydrogens is 210 g/mol. The van der Waals surface area contributed by atoms with Crippen LogP contribution in [0, 0.1) is 0 Å². The molecule has 1 aromatic carbocycles. The molecular formula is C11H8NO4-. The monoisotopic (exact) mass is 218 g/mol. The normalized spacial score (nSPS) is 10.1. The molecule has 0 fully saturated rings. The fraction of sp³-hybridized carbons (Fsp3) is 0.0909. The molecule has 0 unspecified atom stereocenters. The minimum atomic E-state index is -1.38. The van der Waals surface area contributed by atoms with Gasteiger partial charge >= 0.3 is 0 Å². The van der Waals surface area contributed by atoms with Crippen LogP contribution < -0.4 is 9.84 Å². The first-order valence-corrected chi connectivity index (χ1v) is 4.53. The number of carbonyl (C=O) groups excluding carboxylic acids is 1. The minimum Gasteiger partial charge on any atom is -0.541 e. The Labute approximate surface area is 91.3 Å². The average Bonchev–Trinajstić information content (AvgIpc) is 2.78. The fourth-order valence-corrected chi connectivity index (χ4v) is 1.27. The van der Waals surface area contributed by atoms with Crippen LogP contribution in [0.15, 0.2) is 34.9 Å². The number of hydrogen-bond donors (Lipinski definition) is 0. The Morgan fingerprint density at radius 3 is 2.56 bits per heavy atom. The molecule has 0 spiro atoms. The lowest BCUT2D eigenvalue weighted by atomic mass is 10.1. The van der Waals surface area contributed by atoms with Gasteiger partial charge in [-0.1, -0.05) is 5.16 Å². The predicted molar refractivity (Wildman–Crippen MR) is 52.8 cm³/mol. The second kappa shape index (κ2) is 4.06. The Bertz CT molecular complexity index is 501. The van der Waals surface area contributed by atoms with E-state index in [4.69, 9.17) is 4.74 Å². The summed E-state index contributed by atoms with van der Waals surface area (Å²) >= 11 is 0. The highest BCUT2D eigenvalue weighted by molar-refractivity contribution is 5.83. The summed E-state index contributed by atoms with van der Waals surface area (Å²) in [7, 11) is 1.57. The number of aromatic carboxylic acids is 1. The van der Waals surface area contributed by atoms with Gasteiger partial charge in [0.25, 0.3) is 0 Å². The molecule has 82 valence electrons. The molecule has 1 heterocycles. The first kappa shape index (κ1) is 10.2. The third-order valence-electron chi connectivity index (χ3n) is 2.10. The van der Waals surface area contributed by atoms with E-state index >= 15 is 0 Å². The first-order chi connectivity index (χ1) is 7.70. The largest absolute Gasteiger partial charge is 0.541 e. The van der Waals surface area contributed by atoms with Gasteiger partial charge < -0.3 is 19.2 Å². The number of aromatic nitrogens is 1. The molecule has 0 atom stereocenters. The second-order valence-corrected chi connectivity index (χ2v) is 3.09. The van der Waals surface area contributed by atoms with Crippen molar-refractivity contribution in [3.05, 3.63) is 36.1 Å². The van der Waals surface area contributed by atoms with Crippen LogP contribution >= 0.6 is 0 Å². The van der Waals surface area contributed by atoms with Crippen molar-refractivity contribution in [3.63, 3.8) is 0 Å². The van der Waals surface area contributed by atoms with Gasteiger partial charge in [-0.3, -0.25) is 0 Å². The quantitative estimate of drug-likeness (QED) is 0.758. The molecule has 0 N–H and O–H groups in total. The number of rotatable bonds is 3. The molecule has 0 saturated heterocycles. The van der Waals surface area contributed by atoms with E-state index in [-0.39, 0.29) is 5.76 Å². The average molecular weight is 218 g/mol. The molecule has 0 aliphatic rings. The van der Waals surface area contributed by atoms with Crippen LogP contribution in [0.3, 0.4) is 0 Å². The van der Waals surface area contributed by atoms with Crippen LogP contribution in [-0.2, 0) is 0 Å². The van der Waals surface area contributed by atoms with Gasteiger partial charge in [-0.05, 0) is 24.3 Å². The van der Waals surface area contributed by atoms with Crippen LogP contribution in [0.25, 0.3) is 11.3 Å². The number of carboxylic acid groups (broad SMARTS) is 1. The maximum Gasteiger partial charge on any atom is 0.182 e. The Morgan fingerprint density at radius 2 is 2.06 bits per heavy atom. The number of ether oxygens (including phenoxy) is 1. The smallest absolute Gasteiger partial charge is 0.182 e.